The van der Waals surface area contributed by atoms with E-state index in [-0.39, 0.29) is 17.3 Å². The van der Waals surface area contributed by atoms with E-state index in [9.17, 15) is 4.39 Å². The van der Waals surface area contributed by atoms with Crippen LogP contribution in [0.4, 0.5) is 4.39 Å². The molecule has 0 aromatic heterocycles. The van der Waals surface area contributed by atoms with Gasteiger partial charge in [-0.1, -0.05) is 35.8 Å². The molecule has 1 aromatic carbocycles. The van der Waals surface area contributed by atoms with Crippen LogP contribution < -0.4 is 5.32 Å². The molecule has 1 saturated heterocycles. The molecule has 1 aliphatic heterocycles. The quantitative estimate of drug-likeness (QED) is 0.903. The molecule has 1 atom stereocenters. The minimum absolute atomic E-state index is 0.181. The number of hydrogen-bond acceptors (Lipinski definition) is 2. The van der Waals surface area contributed by atoms with Gasteiger partial charge in [-0.05, 0) is 25.0 Å². The van der Waals surface area contributed by atoms with Crippen LogP contribution >= 0.6 is 15.9 Å². The van der Waals surface area contributed by atoms with E-state index in [0.717, 1.165) is 23.9 Å². The highest BCUT2D eigenvalue weighted by Gasteiger charge is 2.31. The Hall–Kier alpha value is -0.450. The second-order valence-corrected chi connectivity index (χ2v) is 6.22. The van der Waals surface area contributed by atoms with Gasteiger partial charge in [0.2, 0.25) is 0 Å². The summed E-state index contributed by atoms with van der Waals surface area (Å²) in [5, 5.41) is 3.43. The van der Waals surface area contributed by atoms with Crippen molar-refractivity contribution in [1.82, 2.24) is 5.32 Å². The van der Waals surface area contributed by atoms with Gasteiger partial charge < -0.3 is 10.1 Å². The van der Waals surface area contributed by atoms with Crippen molar-refractivity contribution in [3.8, 4) is 0 Å². The van der Waals surface area contributed by atoms with E-state index in [1.807, 2.05) is 6.07 Å². The van der Waals surface area contributed by atoms with Crippen molar-refractivity contribution in [2.24, 2.45) is 5.41 Å². The zero-order valence-electron chi connectivity index (χ0n) is 11.5. The predicted octanol–water partition coefficient (Wildman–Crippen LogP) is 4.06. The Morgan fingerprint density at radius 1 is 1.42 bits per heavy atom. The summed E-state index contributed by atoms with van der Waals surface area (Å²) in [7, 11) is 0. The highest BCUT2D eigenvalue weighted by molar-refractivity contribution is 9.10. The summed E-state index contributed by atoms with van der Waals surface area (Å²) in [4.78, 5) is 0. The Morgan fingerprint density at radius 3 is 2.79 bits per heavy atom. The second kappa shape index (κ2) is 6.33. The van der Waals surface area contributed by atoms with Crippen LogP contribution in [0.25, 0.3) is 0 Å². The Labute approximate surface area is 122 Å². The lowest BCUT2D eigenvalue weighted by atomic mass is 9.83. The van der Waals surface area contributed by atoms with Crippen molar-refractivity contribution in [2.45, 2.75) is 32.8 Å². The first-order chi connectivity index (χ1) is 9.10. The monoisotopic (exact) mass is 329 g/mol. The van der Waals surface area contributed by atoms with Crippen LogP contribution in [0.2, 0.25) is 0 Å². The highest BCUT2D eigenvalue weighted by atomic mass is 79.9. The average Bonchev–Trinajstić information content (AvgIpc) is 2.62. The van der Waals surface area contributed by atoms with Crippen LogP contribution in [0, 0.1) is 11.2 Å². The topological polar surface area (TPSA) is 21.3 Å². The Bertz CT molecular complexity index is 434. The van der Waals surface area contributed by atoms with Crippen molar-refractivity contribution >= 4 is 15.9 Å². The van der Waals surface area contributed by atoms with E-state index >= 15 is 0 Å². The lowest BCUT2D eigenvalue weighted by Crippen LogP contribution is -2.34. The van der Waals surface area contributed by atoms with Crippen molar-refractivity contribution in [3.63, 3.8) is 0 Å². The molecule has 0 spiro atoms. The molecular formula is C15H21BrFNO. The third kappa shape index (κ3) is 3.36. The summed E-state index contributed by atoms with van der Waals surface area (Å²) < 4.78 is 20.7. The standard InChI is InChI=1S/C15H21BrFNO/c1-3-15(4-2)9-18-8-14(19-10-15)12-6-5-11(16)7-13(12)17/h5-7,14,18H,3-4,8-10H2,1-2H3. The van der Waals surface area contributed by atoms with Gasteiger partial charge in [0.25, 0.3) is 0 Å². The van der Waals surface area contributed by atoms with Crippen LogP contribution in [0.3, 0.4) is 0 Å². The number of rotatable bonds is 3. The molecule has 1 fully saturated rings. The molecule has 2 nitrogen and oxygen atoms in total. The van der Waals surface area contributed by atoms with E-state index in [1.54, 1.807) is 6.07 Å². The first kappa shape index (κ1) is 14.9. The minimum atomic E-state index is -0.207. The van der Waals surface area contributed by atoms with E-state index in [4.69, 9.17) is 4.74 Å². The molecule has 0 aliphatic carbocycles. The number of hydrogen-bond donors (Lipinski definition) is 1. The molecule has 106 valence electrons. The van der Waals surface area contributed by atoms with Crippen molar-refractivity contribution in [1.29, 1.82) is 0 Å². The van der Waals surface area contributed by atoms with E-state index in [1.165, 1.54) is 6.07 Å². The Balaban J connectivity index is 2.15. The summed E-state index contributed by atoms with van der Waals surface area (Å²) in [6.45, 7) is 6.67. The first-order valence-electron chi connectivity index (χ1n) is 6.87. The molecule has 0 bridgehead atoms. The predicted molar refractivity (Wildman–Crippen MR) is 78.7 cm³/mol. The van der Waals surface area contributed by atoms with Gasteiger partial charge in [0.1, 0.15) is 5.82 Å². The fraction of sp³-hybridized carbons (Fsp3) is 0.600. The molecule has 4 heteroatoms. The van der Waals surface area contributed by atoms with Gasteiger partial charge in [-0.2, -0.15) is 0 Å². The summed E-state index contributed by atoms with van der Waals surface area (Å²) in [5.41, 5.74) is 0.819. The van der Waals surface area contributed by atoms with Crippen LogP contribution in [-0.4, -0.2) is 19.7 Å². The highest BCUT2D eigenvalue weighted by Crippen LogP contribution is 2.32. The molecule has 1 aliphatic rings. The number of nitrogens with one attached hydrogen (secondary N) is 1. The second-order valence-electron chi connectivity index (χ2n) is 5.30. The molecular weight excluding hydrogens is 309 g/mol. The van der Waals surface area contributed by atoms with Crippen LogP contribution in [0.1, 0.15) is 38.4 Å². The van der Waals surface area contributed by atoms with Gasteiger partial charge in [0.05, 0.1) is 12.7 Å². The molecule has 0 radical (unpaired) electrons. The molecule has 1 N–H and O–H groups in total. The average molecular weight is 330 g/mol. The fourth-order valence-electron chi connectivity index (χ4n) is 2.52. The largest absolute Gasteiger partial charge is 0.371 e. The van der Waals surface area contributed by atoms with Gasteiger partial charge in [0.15, 0.2) is 0 Å². The summed E-state index contributed by atoms with van der Waals surface area (Å²) in [6.07, 6.45) is 1.95. The molecule has 1 unspecified atom stereocenters. The summed E-state index contributed by atoms with van der Waals surface area (Å²) in [5.74, 6) is -0.207. The maximum absolute atomic E-state index is 14.0. The van der Waals surface area contributed by atoms with Gasteiger partial charge in [-0.25, -0.2) is 4.39 Å². The van der Waals surface area contributed by atoms with E-state index in [0.29, 0.717) is 18.7 Å². The Morgan fingerprint density at radius 2 is 2.16 bits per heavy atom. The normalized spacial score (nSPS) is 23.1. The van der Waals surface area contributed by atoms with Gasteiger partial charge in [-0.15, -0.1) is 0 Å². The van der Waals surface area contributed by atoms with Crippen LogP contribution in [0.5, 0.6) is 0 Å². The van der Waals surface area contributed by atoms with Gasteiger partial charge in [0, 0.05) is 28.5 Å². The van der Waals surface area contributed by atoms with Crippen LogP contribution in [0.15, 0.2) is 22.7 Å². The van der Waals surface area contributed by atoms with Crippen molar-refractivity contribution in [2.75, 3.05) is 19.7 Å². The maximum Gasteiger partial charge on any atom is 0.130 e. The molecule has 19 heavy (non-hydrogen) atoms. The summed E-state index contributed by atoms with van der Waals surface area (Å²) >= 11 is 3.28. The molecule has 2 rings (SSSR count). The number of ether oxygens (including phenoxy) is 1. The molecule has 1 aromatic rings. The number of halogens is 2. The van der Waals surface area contributed by atoms with E-state index in [2.05, 4.69) is 35.1 Å². The lowest BCUT2D eigenvalue weighted by Gasteiger charge is -2.29. The number of benzene rings is 1. The Kier molecular flexibility index (Phi) is 4.98. The third-order valence-corrected chi connectivity index (χ3v) is 4.72. The fourth-order valence-corrected chi connectivity index (χ4v) is 2.86. The van der Waals surface area contributed by atoms with Crippen LogP contribution in [-0.2, 0) is 4.74 Å². The molecule has 0 saturated carbocycles. The van der Waals surface area contributed by atoms with Crippen molar-refractivity contribution < 1.29 is 9.13 Å². The zero-order valence-corrected chi connectivity index (χ0v) is 13.1. The van der Waals surface area contributed by atoms with Gasteiger partial charge >= 0.3 is 0 Å². The summed E-state index contributed by atoms with van der Waals surface area (Å²) in [6, 6.07) is 5.16. The van der Waals surface area contributed by atoms with E-state index < -0.39 is 0 Å². The SMILES string of the molecule is CCC1(CC)CNCC(c2ccc(Br)cc2F)OC1. The minimum Gasteiger partial charge on any atom is -0.371 e. The molecule has 1 heterocycles. The molecule has 0 amide bonds. The smallest absolute Gasteiger partial charge is 0.130 e. The third-order valence-electron chi connectivity index (χ3n) is 4.23. The van der Waals surface area contributed by atoms with Crippen molar-refractivity contribution in [3.05, 3.63) is 34.1 Å². The zero-order chi connectivity index (χ0) is 13.9. The lowest BCUT2D eigenvalue weighted by molar-refractivity contribution is 0.00873. The first-order valence-corrected chi connectivity index (χ1v) is 7.67. The van der Waals surface area contributed by atoms with Gasteiger partial charge in [-0.3, -0.25) is 0 Å². The maximum atomic E-state index is 14.0.